The third kappa shape index (κ3) is 6.20. The number of carbonyl (C=O) groups is 3. The molecule has 1 atom stereocenters. The maximum atomic E-state index is 13.5. The van der Waals surface area contributed by atoms with Gasteiger partial charge in [0.2, 0.25) is 0 Å². The molecule has 2 aromatic rings. The van der Waals surface area contributed by atoms with Gasteiger partial charge in [-0.05, 0) is 23.8 Å². The smallest absolute Gasteiger partial charge is 0.312 e. The summed E-state index contributed by atoms with van der Waals surface area (Å²) in [5, 5.41) is 4.76. The summed E-state index contributed by atoms with van der Waals surface area (Å²) in [6.45, 7) is -0.736. The third-order valence-corrected chi connectivity index (χ3v) is 3.88. The Morgan fingerprint density at radius 3 is 2.54 bits per heavy atom. The van der Waals surface area contributed by atoms with Gasteiger partial charge in [-0.3, -0.25) is 9.59 Å². The Hall–Kier alpha value is -3.20. The van der Waals surface area contributed by atoms with Crippen LogP contribution in [0.1, 0.15) is 18.0 Å². The summed E-state index contributed by atoms with van der Waals surface area (Å²) < 4.78 is 31.4. The van der Waals surface area contributed by atoms with Crippen molar-refractivity contribution in [1.82, 2.24) is 5.32 Å². The Bertz CT molecular complexity index is 895. The fraction of sp³-hybridized carbons (Fsp3) is 0.167. The van der Waals surface area contributed by atoms with Gasteiger partial charge in [-0.15, -0.1) is 0 Å². The predicted octanol–water partition coefficient (Wildman–Crippen LogP) is 2.90. The van der Waals surface area contributed by atoms with Gasteiger partial charge in [-0.2, -0.15) is 0 Å². The van der Waals surface area contributed by atoms with Gasteiger partial charge in [-0.1, -0.05) is 29.8 Å². The SMILES string of the molecule is NC(=O)N[C@@H](CC(=O)OCC(=O)Nc1cc(F)ccc1F)c1ccccc1Cl. The number of rotatable bonds is 7. The molecule has 0 saturated carbocycles. The number of nitrogens with two attached hydrogens (primary N) is 1. The zero-order valence-corrected chi connectivity index (χ0v) is 15.1. The van der Waals surface area contributed by atoms with Gasteiger partial charge in [0.1, 0.15) is 11.6 Å². The first kappa shape index (κ1) is 21.1. The molecule has 2 aromatic carbocycles. The van der Waals surface area contributed by atoms with E-state index in [-0.39, 0.29) is 12.1 Å². The Labute approximate surface area is 163 Å². The fourth-order valence-electron chi connectivity index (χ4n) is 2.32. The number of hydrogen-bond donors (Lipinski definition) is 3. The van der Waals surface area contributed by atoms with Crippen LogP contribution in [0.5, 0.6) is 0 Å². The molecule has 148 valence electrons. The average Bonchev–Trinajstić information content (AvgIpc) is 2.62. The van der Waals surface area contributed by atoms with Crippen molar-refractivity contribution in [3.63, 3.8) is 0 Å². The second kappa shape index (κ2) is 9.65. The van der Waals surface area contributed by atoms with E-state index < -0.39 is 42.2 Å². The summed E-state index contributed by atoms with van der Waals surface area (Å²) in [5.74, 6) is -3.29. The summed E-state index contributed by atoms with van der Waals surface area (Å²) in [6, 6.07) is 7.27. The van der Waals surface area contributed by atoms with E-state index in [0.29, 0.717) is 10.6 Å². The molecule has 10 heteroatoms. The van der Waals surface area contributed by atoms with E-state index in [1.807, 2.05) is 0 Å². The number of carbonyl (C=O) groups excluding carboxylic acids is 3. The molecular formula is C18H16ClF2N3O4. The molecule has 0 aromatic heterocycles. The number of esters is 1. The van der Waals surface area contributed by atoms with Crippen molar-refractivity contribution in [2.75, 3.05) is 11.9 Å². The van der Waals surface area contributed by atoms with Crippen LogP contribution in [0, 0.1) is 11.6 Å². The minimum atomic E-state index is -0.878. The van der Waals surface area contributed by atoms with E-state index in [1.165, 1.54) is 0 Å². The van der Waals surface area contributed by atoms with Gasteiger partial charge in [-0.25, -0.2) is 13.6 Å². The molecule has 7 nitrogen and oxygen atoms in total. The predicted molar refractivity (Wildman–Crippen MR) is 97.5 cm³/mol. The maximum Gasteiger partial charge on any atom is 0.312 e. The number of benzene rings is 2. The highest BCUT2D eigenvalue weighted by molar-refractivity contribution is 6.31. The largest absolute Gasteiger partial charge is 0.455 e. The van der Waals surface area contributed by atoms with Crippen molar-refractivity contribution in [3.8, 4) is 0 Å². The van der Waals surface area contributed by atoms with Gasteiger partial charge in [0.15, 0.2) is 6.61 Å². The molecule has 0 heterocycles. The molecule has 0 aliphatic heterocycles. The standard InChI is InChI=1S/C18H16ClF2N3O4/c19-12-4-2-1-3-11(12)14(24-18(22)27)8-17(26)28-9-16(25)23-15-7-10(20)5-6-13(15)21/h1-7,14H,8-9H2,(H,23,25)(H3,22,24,27)/t14-/m0/s1. The molecule has 0 aliphatic rings. The van der Waals surface area contributed by atoms with Crippen LogP contribution in [0.25, 0.3) is 0 Å². The van der Waals surface area contributed by atoms with Crippen molar-refractivity contribution in [2.24, 2.45) is 5.73 Å². The first-order valence-corrected chi connectivity index (χ1v) is 8.35. The minimum absolute atomic E-state index is 0.299. The van der Waals surface area contributed by atoms with E-state index in [9.17, 15) is 23.2 Å². The lowest BCUT2D eigenvalue weighted by Gasteiger charge is -2.18. The van der Waals surface area contributed by atoms with E-state index in [1.54, 1.807) is 24.3 Å². The van der Waals surface area contributed by atoms with Crippen LogP contribution in [0.3, 0.4) is 0 Å². The normalized spacial score (nSPS) is 11.4. The molecule has 0 unspecified atom stereocenters. The van der Waals surface area contributed by atoms with Crippen LogP contribution in [-0.2, 0) is 14.3 Å². The molecule has 0 saturated heterocycles. The highest BCUT2D eigenvalue weighted by Crippen LogP contribution is 2.25. The summed E-state index contributed by atoms with van der Waals surface area (Å²) in [4.78, 5) is 35.0. The third-order valence-electron chi connectivity index (χ3n) is 3.53. The molecule has 4 N–H and O–H groups in total. The van der Waals surface area contributed by atoms with E-state index in [2.05, 4.69) is 10.6 Å². The number of amides is 3. The van der Waals surface area contributed by atoms with E-state index >= 15 is 0 Å². The highest BCUT2D eigenvalue weighted by Gasteiger charge is 2.21. The van der Waals surface area contributed by atoms with Crippen molar-refractivity contribution in [2.45, 2.75) is 12.5 Å². The van der Waals surface area contributed by atoms with E-state index in [4.69, 9.17) is 22.1 Å². The van der Waals surface area contributed by atoms with Crippen LogP contribution < -0.4 is 16.4 Å². The molecule has 0 bridgehead atoms. The maximum absolute atomic E-state index is 13.5. The number of nitrogens with one attached hydrogen (secondary N) is 2. The average molecular weight is 412 g/mol. The summed E-state index contributed by atoms with van der Waals surface area (Å²) in [5.41, 5.74) is 5.17. The van der Waals surface area contributed by atoms with Gasteiger partial charge < -0.3 is 21.1 Å². The van der Waals surface area contributed by atoms with Gasteiger partial charge >= 0.3 is 12.0 Å². The number of hydrogen-bond acceptors (Lipinski definition) is 4. The lowest BCUT2D eigenvalue weighted by Crippen LogP contribution is -2.35. The fourth-order valence-corrected chi connectivity index (χ4v) is 2.59. The zero-order chi connectivity index (χ0) is 20.7. The minimum Gasteiger partial charge on any atom is -0.455 e. The lowest BCUT2D eigenvalue weighted by atomic mass is 10.0. The lowest BCUT2D eigenvalue weighted by molar-refractivity contribution is -0.147. The number of anilines is 1. The molecule has 0 fully saturated rings. The summed E-state index contributed by atoms with van der Waals surface area (Å²) in [7, 11) is 0. The zero-order valence-electron chi connectivity index (χ0n) is 14.4. The van der Waals surface area contributed by atoms with Crippen molar-refractivity contribution in [3.05, 3.63) is 64.7 Å². The van der Waals surface area contributed by atoms with Crippen LogP contribution in [0.4, 0.5) is 19.3 Å². The van der Waals surface area contributed by atoms with Gasteiger partial charge in [0.25, 0.3) is 5.91 Å². The molecule has 3 amide bonds. The van der Waals surface area contributed by atoms with Crippen LogP contribution >= 0.6 is 11.6 Å². The topological polar surface area (TPSA) is 111 Å². The van der Waals surface area contributed by atoms with E-state index in [0.717, 1.165) is 18.2 Å². The number of primary amides is 1. The summed E-state index contributed by atoms with van der Waals surface area (Å²) >= 11 is 6.06. The molecule has 0 radical (unpaired) electrons. The van der Waals surface area contributed by atoms with Gasteiger partial charge in [0, 0.05) is 11.1 Å². The van der Waals surface area contributed by atoms with Crippen LogP contribution in [0.2, 0.25) is 5.02 Å². The number of halogens is 3. The molecule has 0 spiro atoms. The highest BCUT2D eigenvalue weighted by atomic mass is 35.5. The van der Waals surface area contributed by atoms with Crippen molar-refractivity contribution < 1.29 is 27.9 Å². The molecule has 2 rings (SSSR count). The monoisotopic (exact) mass is 411 g/mol. The Kier molecular flexibility index (Phi) is 7.28. The second-order valence-corrected chi connectivity index (χ2v) is 6.03. The first-order valence-electron chi connectivity index (χ1n) is 7.97. The molecule has 28 heavy (non-hydrogen) atoms. The van der Waals surface area contributed by atoms with Crippen LogP contribution in [0.15, 0.2) is 42.5 Å². The quantitative estimate of drug-likeness (QED) is 0.608. The molecule has 0 aliphatic carbocycles. The molecular weight excluding hydrogens is 396 g/mol. The van der Waals surface area contributed by atoms with Crippen molar-refractivity contribution >= 4 is 35.2 Å². The van der Waals surface area contributed by atoms with Crippen LogP contribution in [-0.4, -0.2) is 24.5 Å². The second-order valence-electron chi connectivity index (χ2n) is 5.62. The van der Waals surface area contributed by atoms with Gasteiger partial charge in [0.05, 0.1) is 18.2 Å². The Morgan fingerprint density at radius 1 is 1.14 bits per heavy atom. The summed E-state index contributed by atoms with van der Waals surface area (Å²) in [6.07, 6.45) is -0.353. The Balaban J connectivity index is 1.95. The number of urea groups is 1. The Morgan fingerprint density at radius 2 is 1.86 bits per heavy atom. The van der Waals surface area contributed by atoms with Crippen molar-refractivity contribution in [1.29, 1.82) is 0 Å². The first-order chi connectivity index (χ1) is 13.3. The number of ether oxygens (including phenoxy) is 1.